The van der Waals surface area contributed by atoms with Crippen molar-refractivity contribution in [1.82, 2.24) is 4.31 Å². The van der Waals surface area contributed by atoms with Gasteiger partial charge < -0.3 is 4.74 Å². The van der Waals surface area contributed by atoms with Crippen LogP contribution < -0.4 is 4.74 Å². The molecule has 0 spiro atoms. The molecular weight excluding hydrogens is 348 g/mol. The minimum absolute atomic E-state index is 0.0206. The smallest absolute Gasteiger partial charge is 0.245 e. The molecule has 0 radical (unpaired) electrons. The molecule has 0 N–H and O–H groups in total. The van der Waals surface area contributed by atoms with Crippen LogP contribution in [0.4, 0.5) is 8.78 Å². The third kappa shape index (κ3) is 3.99. The van der Waals surface area contributed by atoms with E-state index in [1.807, 2.05) is 0 Å². The van der Waals surface area contributed by atoms with Crippen LogP contribution in [0.15, 0.2) is 47.4 Å². The molecular formula is C15H14ClF2NO3S. The van der Waals surface area contributed by atoms with Gasteiger partial charge in [0.1, 0.15) is 11.5 Å². The summed E-state index contributed by atoms with van der Waals surface area (Å²) in [6.45, 7) is -0.165. The number of rotatable bonds is 6. The molecule has 0 bridgehead atoms. The van der Waals surface area contributed by atoms with E-state index in [0.717, 1.165) is 10.4 Å². The number of benzene rings is 2. The van der Waals surface area contributed by atoms with Crippen LogP contribution in [0, 0.1) is 11.6 Å². The van der Waals surface area contributed by atoms with Gasteiger partial charge in [-0.2, -0.15) is 4.31 Å². The molecule has 0 saturated heterocycles. The number of halogens is 3. The normalized spacial score (nSPS) is 11.7. The van der Waals surface area contributed by atoms with Gasteiger partial charge in [-0.1, -0.05) is 29.8 Å². The molecule has 0 aromatic heterocycles. The molecule has 0 heterocycles. The minimum Gasteiger partial charge on any atom is -0.489 e. The number of likely N-dealkylation sites (N-methyl/N-ethyl adjacent to an activating group) is 1. The van der Waals surface area contributed by atoms with Crippen LogP contribution in [-0.4, -0.2) is 32.9 Å². The number of sulfonamides is 1. The zero-order valence-electron chi connectivity index (χ0n) is 12.2. The van der Waals surface area contributed by atoms with E-state index in [9.17, 15) is 17.2 Å². The van der Waals surface area contributed by atoms with E-state index >= 15 is 0 Å². The molecule has 8 heteroatoms. The molecule has 2 rings (SSSR count). The maximum absolute atomic E-state index is 13.9. The SMILES string of the molecule is CN(CCOc1ccccc1F)S(=O)(=O)c1cccc(Cl)c1F. The van der Waals surface area contributed by atoms with Gasteiger partial charge >= 0.3 is 0 Å². The standard InChI is InChI=1S/C15H14ClF2NO3S/c1-19(9-10-22-13-7-3-2-6-12(13)17)23(20,21)14-8-4-5-11(16)15(14)18/h2-8H,9-10H2,1H3. The van der Waals surface area contributed by atoms with E-state index in [2.05, 4.69) is 0 Å². The molecule has 0 unspecified atom stereocenters. The lowest BCUT2D eigenvalue weighted by atomic mass is 10.3. The van der Waals surface area contributed by atoms with E-state index in [0.29, 0.717) is 0 Å². The molecule has 4 nitrogen and oxygen atoms in total. The molecule has 23 heavy (non-hydrogen) atoms. The quantitative estimate of drug-likeness (QED) is 0.793. The molecule has 0 amide bonds. The maximum Gasteiger partial charge on any atom is 0.245 e. The molecule has 0 aliphatic rings. The number of ether oxygens (including phenoxy) is 1. The highest BCUT2D eigenvalue weighted by Crippen LogP contribution is 2.24. The Hall–Kier alpha value is -1.70. The Labute approximate surface area is 138 Å². The van der Waals surface area contributed by atoms with Crippen LogP contribution in [0.2, 0.25) is 5.02 Å². The zero-order valence-corrected chi connectivity index (χ0v) is 13.7. The van der Waals surface area contributed by atoms with Gasteiger partial charge in [-0.05, 0) is 24.3 Å². The fourth-order valence-corrected chi connectivity index (χ4v) is 3.29. The van der Waals surface area contributed by atoms with Crippen molar-refractivity contribution in [3.05, 3.63) is 59.1 Å². The topological polar surface area (TPSA) is 46.6 Å². The van der Waals surface area contributed by atoms with Crippen molar-refractivity contribution in [3.63, 3.8) is 0 Å². The molecule has 0 aliphatic carbocycles. The van der Waals surface area contributed by atoms with E-state index in [-0.39, 0.29) is 23.9 Å². The van der Waals surface area contributed by atoms with Crippen LogP contribution in [0.3, 0.4) is 0 Å². The predicted molar refractivity (Wildman–Crippen MR) is 83.1 cm³/mol. The third-order valence-electron chi connectivity index (χ3n) is 3.10. The van der Waals surface area contributed by atoms with Gasteiger partial charge in [-0.3, -0.25) is 0 Å². The fraction of sp³-hybridized carbons (Fsp3) is 0.200. The van der Waals surface area contributed by atoms with Gasteiger partial charge in [0.05, 0.1) is 5.02 Å². The molecule has 124 valence electrons. The largest absolute Gasteiger partial charge is 0.489 e. The van der Waals surface area contributed by atoms with Crippen LogP contribution in [0.1, 0.15) is 0 Å². The highest BCUT2D eigenvalue weighted by Gasteiger charge is 2.25. The minimum atomic E-state index is -4.06. The summed E-state index contributed by atoms with van der Waals surface area (Å²) in [6.07, 6.45) is 0. The van der Waals surface area contributed by atoms with Crippen LogP contribution in [-0.2, 0) is 10.0 Å². The van der Waals surface area contributed by atoms with Crippen LogP contribution in [0.5, 0.6) is 5.75 Å². The molecule has 0 aliphatic heterocycles. The average Bonchev–Trinajstić information content (AvgIpc) is 2.51. The first-order chi connectivity index (χ1) is 10.8. The van der Waals surface area contributed by atoms with Gasteiger partial charge in [0.15, 0.2) is 17.4 Å². The Kier molecular flexibility index (Phi) is 5.56. The van der Waals surface area contributed by atoms with Crippen molar-refractivity contribution in [2.24, 2.45) is 0 Å². The number of nitrogens with zero attached hydrogens (tertiary/aromatic N) is 1. The highest BCUT2D eigenvalue weighted by atomic mass is 35.5. The Morgan fingerprint density at radius 3 is 2.52 bits per heavy atom. The molecule has 0 fully saturated rings. The van der Waals surface area contributed by atoms with E-state index < -0.39 is 26.6 Å². The summed E-state index contributed by atoms with van der Waals surface area (Å²) in [6, 6.07) is 9.52. The Morgan fingerprint density at radius 2 is 1.83 bits per heavy atom. The molecule has 2 aromatic rings. The van der Waals surface area contributed by atoms with E-state index in [1.165, 1.54) is 37.4 Å². The van der Waals surface area contributed by atoms with Crippen LogP contribution >= 0.6 is 11.6 Å². The van der Waals surface area contributed by atoms with Gasteiger partial charge in [0, 0.05) is 13.6 Å². The van der Waals surface area contributed by atoms with Gasteiger partial charge in [0.2, 0.25) is 10.0 Å². The summed E-state index contributed by atoms with van der Waals surface area (Å²) < 4.78 is 58.0. The first-order valence-corrected chi connectivity index (χ1v) is 8.43. The Bertz CT molecular complexity index is 799. The number of hydrogen-bond donors (Lipinski definition) is 0. The molecule has 0 atom stereocenters. The molecule has 2 aromatic carbocycles. The van der Waals surface area contributed by atoms with Crippen molar-refractivity contribution in [2.45, 2.75) is 4.90 Å². The zero-order chi connectivity index (χ0) is 17.0. The first kappa shape index (κ1) is 17.7. The van der Waals surface area contributed by atoms with Crippen molar-refractivity contribution in [3.8, 4) is 5.75 Å². The van der Waals surface area contributed by atoms with Crippen LogP contribution in [0.25, 0.3) is 0 Å². The second-order valence-corrected chi connectivity index (χ2v) is 7.08. The van der Waals surface area contributed by atoms with Gasteiger partial charge in [-0.15, -0.1) is 0 Å². The monoisotopic (exact) mass is 361 g/mol. The number of hydrogen-bond acceptors (Lipinski definition) is 3. The van der Waals surface area contributed by atoms with Crippen molar-refractivity contribution in [1.29, 1.82) is 0 Å². The summed E-state index contributed by atoms with van der Waals surface area (Å²) in [5.74, 6) is -1.53. The summed E-state index contributed by atoms with van der Waals surface area (Å²) in [5.41, 5.74) is 0. The Morgan fingerprint density at radius 1 is 1.13 bits per heavy atom. The first-order valence-electron chi connectivity index (χ1n) is 6.61. The summed E-state index contributed by atoms with van der Waals surface area (Å²) >= 11 is 5.60. The van der Waals surface area contributed by atoms with Crippen molar-refractivity contribution >= 4 is 21.6 Å². The lowest BCUT2D eigenvalue weighted by Crippen LogP contribution is -2.31. The number of para-hydroxylation sites is 1. The third-order valence-corrected chi connectivity index (χ3v) is 5.27. The van der Waals surface area contributed by atoms with E-state index in [1.54, 1.807) is 6.07 Å². The fourth-order valence-electron chi connectivity index (χ4n) is 1.82. The maximum atomic E-state index is 13.9. The van der Waals surface area contributed by atoms with Crippen molar-refractivity contribution < 1.29 is 21.9 Å². The molecule has 0 saturated carbocycles. The predicted octanol–water partition coefficient (Wildman–Crippen LogP) is 3.32. The van der Waals surface area contributed by atoms with Crippen molar-refractivity contribution in [2.75, 3.05) is 20.2 Å². The van der Waals surface area contributed by atoms with Gasteiger partial charge in [0.25, 0.3) is 0 Å². The average molecular weight is 362 g/mol. The van der Waals surface area contributed by atoms with Gasteiger partial charge in [-0.25, -0.2) is 17.2 Å². The second-order valence-electron chi connectivity index (χ2n) is 4.66. The summed E-state index contributed by atoms with van der Waals surface area (Å²) in [4.78, 5) is -0.515. The lowest BCUT2D eigenvalue weighted by molar-refractivity contribution is 0.275. The second kappa shape index (κ2) is 7.25. The highest BCUT2D eigenvalue weighted by molar-refractivity contribution is 7.89. The van der Waals surface area contributed by atoms with E-state index in [4.69, 9.17) is 16.3 Å². The lowest BCUT2D eigenvalue weighted by Gasteiger charge is -2.18. The summed E-state index contributed by atoms with van der Waals surface area (Å²) in [5, 5.41) is -0.276. The Balaban J connectivity index is 2.06. The summed E-state index contributed by atoms with van der Waals surface area (Å²) in [7, 11) is -2.78.